The van der Waals surface area contributed by atoms with E-state index < -0.39 is 5.91 Å². The van der Waals surface area contributed by atoms with Gasteiger partial charge in [-0.2, -0.15) is 0 Å². The second-order valence-corrected chi connectivity index (χ2v) is 4.93. The molecular formula is C16H10ClFN4O. The average Bonchev–Trinajstić information content (AvgIpc) is 2.56. The Bertz CT molecular complexity index is 855. The number of amides is 1. The van der Waals surface area contributed by atoms with Crippen molar-refractivity contribution in [3.05, 3.63) is 71.8 Å². The molecule has 1 N–H and O–H groups in total. The summed E-state index contributed by atoms with van der Waals surface area (Å²) in [6.07, 6.45) is 4.50. The number of halogens is 2. The maximum absolute atomic E-state index is 13.1. The molecule has 1 aromatic carbocycles. The number of anilines is 1. The average molecular weight is 329 g/mol. The molecule has 0 atom stereocenters. The van der Waals surface area contributed by atoms with Gasteiger partial charge in [-0.05, 0) is 41.4 Å². The zero-order chi connectivity index (χ0) is 16.2. The molecule has 2 heterocycles. The van der Waals surface area contributed by atoms with Crippen LogP contribution in [0.15, 0.2) is 55.0 Å². The Morgan fingerprint density at radius 2 is 1.87 bits per heavy atom. The molecule has 114 valence electrons. The predicted octanol–water partition coefficient (Wildman–Crippen LogP) is 3.58. The number of hydrogen-bond acceptors (Lipinski definition) is 4. The number of pyridine rings is 1. The van der Waals surface area contributed by atoms with Crippen molar-refractivity contribution in [2.45, 2.75) is 0 Å². The van der Waals surface area contributed by atoms with Gasteiger partial charge in [0.2, 0.25) is 5.28 Å². The largest absolute Gasteiger partial charge is 0.319 e. The first-order chi connectivity index (χ1) is 11.1. The minimum atomic E-state index is -0.439. The first-order valence-corrected chi connectivity index (χ1v) is 7.01. The van der Waals surface area contributed by atoms with Crippen LogP contribution in [-0.4, -0.2) is 20.9 Å². The summed E-state index contributed by atoms with van der Waals surface area (Å²) in [5.74, 6) is -0.769. The van der Waals surface area contributed by atoms with Gasteiger partial charge in [0.15, 0.2) is 0 Å². The van der Waals surface area contributed by atoms with Gasteiger partial charge in [0.25, 0.3) is 5.91 Å². The van der Waals surface area contributed by atoms with Crippen LogP contribution in [0, 0.1) is 5.82 Å². The smallest absolute Gasteiger partial charge is 0.274 e. The lowest BCUT2D eigenvalue weighted by Crippen LogP contribution is -2.14. The first kappa shape index (κ1) is 15.1. The topological polar surface area (TPSA) is 67.8 Å². The fraction of sp³-hybridized carbons (Fsp3) is 0. The van der Waals surface area contributed by atoms with Crippen LogP contribution in [0.4, 0.5) is 10.1 Å². The highest BCUT2D eigenvalue weighted by atomic mass is 35.5. The molecule has 0 fully saturated rings. The van der Waals surface area contributed by atoms with Crippen LogP contribution in [0.1, 0.15) is 10.5 Å². The number of rotatable bonds is 3. The summed E-state index contributed by atoms with van der Waals surface area (Å²) in [6.45, 7) is 0. The molecule has 3 rings (SSSR count). The monoisotopic (exact) mass is 328 g/mol. The van der Waals surface area contributed by atoms with Crippen LogP contribution in [0.2, 0.25) is 5.28 Å². The highest BCUT2D eigenvalue weighted by molar-refractivity contribution is 6.28. The molecule has 0 aliphatic carbocycles. The molecule has 23 heavy (non-hydrogen) atoms. The molecule has 0 saturated heterocycles. The SMILES string of the molecule is O=C(Nc1cnccc1-c1ccc(F)cc1)c1ccnc(Cl)n1. The predicted molar refractivity (Wildman–Crippen MR) is 84.6 cm³/mol. The van der Waals surface area contributed by atoms with Gasteiger partial charge >= 0.3 is 0 Å². The molecule has 0 bridgehead atoms. The quantitative estimate of drug-likeness (QED) is 0.746. The van der Waals surface area contributed by atoms with Crippen molar-refractivity contribution in [2.75, 3.05) is 5.32 Å². The number of carbonyl (C=O) groups is 1. The molecule has 0 radical (unpaired) electrons. The molecule has 0 aliphatic heterocycles. The van der Waals surface area contributed by atoms with Crippen molar-refractivity contribution in [3.8, 4) is 11.1 Å². The van der Waals surface area contributed by atoms with Crippen molar-refractivity contribution in [1.82, 2.24) is 15.0 Å². The fourth-order valence-electron chi connectivity index (χ4n) is 2.02. The third-order valence-corrected chi connectivity index (χ3v) is 3.27. The lowest BCUT2D eigenvalue weighted by Gasteiger charge is -2.10. The van der Waals surface area contributed by atoms with Gasteiger partial charge in [0.1, 0.15) is 11.5 Å². The van der Waals surface area contributed by atoms with Gasteiger partial charge in [-0.15, -0.1) is 0 Å². The summed E-state index contributed by atoms with van der Waals surface area (Å²) >= 11 is 5.68. The number of nitrogens with one attached hydrogen (secondary N) is 1. The van der Waals surface area contributed by atoms with Crippen LogP contribution >= 0.6 is 11.6 Å². The Morgan fingerprint density at radius 3 is 2.61 bits per heavy atom. The molecule has 3 aromatic rings. The third kappa shape index (κ3) is 3.49. The van der Waals surface area contributed by atoms with E-state index in [0.717, 1.165) is 5.56 Å². The second kappa shape index (κ2) is 6.50. The second-order valence-electron chi connectivity index (χ2n) is 4.59. The van der Waals surface area contributed by atoms with Gasteiger partial charge in [-0.1, -0.05) is 12.1 Å². The number of benzene rings is 1. The maximum atomic E-state index is 13.1. The summed E-state index contributed by atoms with van der Waals surface area (Å²) in [5, 5.41) is 2.71. The summed E-state index contributed by atoms with van der Waals surface area (Å²) in [4.78, 5) is 23.8. The van der Waals surface area contributed by atoms with E-state index in [1.165, 1.54) is 30.6 Å². The molecule has 0 saturated carbocycles. The van der Waals surface area contributed by atoms with Gasteiger partial charge in [0, 0.05) is 18.0 Å². The summed E-state index contributed by atoms with van der Waals surface area (Å²) in [6, 6.07) is 9.14. The lowest BCUT2D eigenvalue weighted by molar-refractivity contribution is 0.102. The molecule has 1 amide bonds. The van der Waals surface area contributed by atoms with Gasteiger partial charge in [-0.25, -0.2) is 14.4 Å². The van der Waals surface area contributed by atoms with Crippen molar-refractivity contribution in [3.63, 3.8) is 0 Å². The van der Waals surface area contributed by atoms with Crippen LogP contribution in [0.25, 0.3) is 11.1 Å². The number of carbonyl (C=O) groups excluding carboxylic acids is 1. The highest BCUT2D eigenvalue weighted by Crippen LogP contribution is 2.27. The van der Waals surface area contributed by atoms with Crippen LogP contribution in [0.3, 0.4) is 0 Å². The highest BCUT2D eigenvalue weighted by Gasteiger charge is 2.12. The zero-order valence-corrected chi connectivity index (χ0v) is 12.5. The van der Waals surface area contributed by atoms with Crippen molar-refractivity contribution < 1.29 is 9.18 Å². The zero-order valence-electron chi connectivity index (χ0n) is 11.7. The van der Waals surface area contributed by atoms with E-state index in [-0.39, 0.29) is 16.8 Å². The van der Waals surface area contributed by atoms with Crippen LogP contribution < -0.4 is 5.32 Å². The Balaban J connectivity index is 1.92. The Kier molecular flexibility index (Phi) is 4.25. The third-order valence-electron chi connectivity index (χ3n) is 3.08. The number of nitrogens with zero attached hydrogens (tertiary/aromatic N) is 3. The minimum absolute atomic E-state index is 0.0115. The Morgan fingerprint density at radius 1 is 1.09 bits per heavy atom. The number of hydrogen-bond donors (Lipinski definition) is 1. The summed E-state index contributed by atoms with van der Waals surface area (Å²) in [7, 11) is 0. The molecule has 0 spiro atoms. The van der Waals surface area contributed by atoms with Gasteiger partial charge in [0.05, 0.1) is 11.9 Å². The van der Waals surface area contributed by atoms with Gasteiger partial charge in [-0.3, -0.25) is 9.78 Å². The maximum Gasteiger partial charge on any atom is 0.274 e. The van der Waals surface area contributed by atoms with E-state index in [9.17, 15) is 9.18 Å². The Hall–Kier alpha value is -2.86. The fourth-order valence-corrected chi connectivity index (χ4v) is 2.17. The van der Waals surface area contributed by atoms with Crippen molar-refractivity contribution in [2.24, 2.45) is 0 Å². The first-order valence-electron chi connectivity index (χ1n) is 6.63. The Labute approximate surface area is 136 Å². The van der Waals surface area contributed by atoms with E-state index in [0.29, 0.717) is 11.3 Å². The molecule has 0 aliphatic rings. The van der Waals surface area contributed by atoms with E-state index in [1.807, 2.05) is 0 Å². The molecule has 5 nitrogen and oxygen atoms in total. The van der Waals surface area contributed by atoms with Crippen molar-refractivity contribution in [1.29, 1.82) is 0 Å². The normalized spacial score (nSPS) is 10.3. The summed E-state index contributed by atoms with van der Waals surface area (Å²) < 4.78 is 13.1. The standard InChI is InChI=1S/C16H10ClFN4O/c17-16-20-8-6-13(22-16)15(23)21-14-9-19-7-5-12(14)10-1-3-11(18)4-2-10/h1-9H,(H,21,23). The molecule has 0 unspecified atom stereocenters. The van der Waals surface area contributed by atoms with Crippen LogP contribution in [-0.2, 0) is 0 Å². The van der Waals surface area contributed by atoms with Crippen molar-refractivity contribution >= 4 is 23.2 Å². The summed E-state index contributed by atoms with van der Waals surface area (Å²) in [5.41, 5.74) is 2.09. The number of aromatic nitrogens is 3. The lowest BCUT2D eigenvalue weighted by atomic mass is 10.1. The van der Waals surface area contributed by atoms with E-state index in [4.69, 9.17) is 11.6 Å². The van der Waals surface area contributed by atoms with Gasteiger partial charge < -0.3 is 5.32 Å². The molecular weight excluding hydrogens is 319 g/mol. The van der Waals surface area contributed by atoms with E-state index in [2.05, 4.69) is 20.3 Å². The molecule has 7 heteroatoms. The van der Waals surface area contributed by atoms with E-state index >= 15 is 0 Å². The van der Waals surface area contributed by atoms with E-state index in [1.54, 1.807) is 24.4 Å². The minimum Gasteiger partial charge on any atom is -0.319 e. The van der Waals surface area contributed by atoms with Crippen LogP contribution in [0.5, 0.6) is 0 Å². The molecule has 2 aromatic heterocycles.